The van der Waals surface area contributed by atoms with Crippen molar-refractivity contribution in [3.63, 3.8) is 0 Å². The number of amides is 1. The molecule has 1 aromatic heterocycles. The molecule has 0 aliphatic heterocycles. The Labute approximate surface area is 107 Å². The summed E-state index contributed by atoms with van der Waals surface area (Å²) in [5, 5.41) is 1.50. The average Bonchev–Trinajstić information content (AvgIpc) is 2.76. The number of nitrogens with two attached hydrogens (primary N) is 1. The minimum absolute atomic E-state index is 0.0100. The normalized spacial score (nSPS) is 10.3. The number of benzene rings is 1. The average molecular weight is 266 g/mol. The lowest BCUT2D eigenvalue weighted by Gasteiger charge is -2.06. The first-order valence-electron chi connectivity index (χ1n) is 5.20. The number of halogens is 1. The van der Waals surface area contributed by atoms with Gasteiger partial charge >= 0.3 is 0 Å². The SMILES string of the molecule is Cc1ccc(COc2nscc2C(N)=O)c(F)c1. The third kappa shape index (κ3) is 2.65. The maximum atomic E-state index is 13.5. The molecule has 94 valence electrons. The van der Waals surface area contributed by atoms with Crippen molar-refractivity contribution in [1.82, 2.24) is 4.37 Å². The van der Waals surface area contributed by atoms with Crippen molar-refractivity contribution in [2.24, 2.45) is 5.73 Å². The number of carbonyl (C=O) groups excluding carboxylic acids is 1. The van der Waals surface area contributed by atoms with E-state index in [0.29, 0.717) is 5.56 Å². The van der Waals surface area contributed by atoms with E-state index in [4.69, 9.17) is 10.5 Å². The van der Waals surface area contributed by atoms with Crippen LogP contribution in [-0.2, 0) is 6.61 Å². The van der Waals surface area contributed by atoms with Gasteiger partial charge in [0.25, 0.3) is 5.91 Å². The van der Waals surface area contributed by atoms with Crippen LogP contribution in [0.3, 0.4) is 0 Å². The van der Waals surface area contributed by atoms with Gasteiger partial charge in [-0.1, -0.05) is 12.1 Å². The third-order valence-corrected chi connectivity index (χ3v) is 2.99. The van der Waals surface area contributed by atoms with Crippen LogP contribution in [0.2, 0.25) is 0 Å². The van der Waals surface area contributed by atoms with Crippen molar-refractivity contribution < 1.29 is 13.9 Å². The molecule has 0 saturated heterocycles. The molecular weight excluding hydrogens is 255 g/mol. The summed E-state index contributed by atoms with van der Waals surface area (Å²) in [6.07, 6.45) is 0. The Balaban J connectivity index is 2.11. The fourth-order valence-corrected chi connectivity index (χ4v) is 2.03. The number of rotatable bonds is 4. The van der Waals surface area contributed by atoms with Crippen LogP contribution in [-0.4, -0.2) is 10.3 Å². The van der Waals surface area contributed by atoms with Crippen molar-refractivity contribution in [1.29, 1.82) is 0 Å². The van der Waals surface area contributed by atoms with Crippen molar-refractivity contribution in [3.05, 3.63) is 46.1 Å². The molecule has 2 rings (SSSR count). The van der Waals surface area contributed by atoms with E-state index in [1.807, 2.05) is 0 Å². The Morgan fingerprint density at radius 1 is 1.56 bits per heavy atom. The van der Waals surface area contributed by atoms with Crippen LogP contribution >= 0.6 is 11.5 Å². The van der Waals surface area contributed by atoms with Crippen LogP contribution < -0.4 is 10.5 Å². The monoisotopic (exact) mass is 266 g/mol. The van der Waals surface area contributed by atoms with Crippen LogP contribution in [0.1, 0.15) is 21.5 Å². The molecule has 4 nitrogen and oxygen atoms in total. The second-order valence-corrected chi connectivity index (χ2v) is 4.41. The smallest absolute Gasteiger partial charge is 0.255 e. The van der Waals surface area contributed by atoms with Crippen molar-refractivity contribution >= 4 is 17.4 Å². The highest BCUT2D eigenvalue weighted by Gasteiger charge is 2.13. The fourth-order valence-electron chi connectivity index (χ4n) is 1.41. The standard InChI is InChI=1S/C12H11FN2O2S/c1-7-2-3-8(10(13)4-7)5-17-12-9(11(14)16)6-18-15-12/h2-4,6H,5H2,1H3,(H2,14,16). The lowest BCUT2D eigenvalue weighted by Crippen LogP contribution is -2.12. The first-order chi connectivity index (χ1) is 8.58. The molecule has 0 spiro atoms. The summed E-state index contributed by atoms with van der Waals surface area (Å²) in [5.41, 5.74) is 6.61. The Kier molecular flexibility index (Phi) is 3.57. The van der Waals surface area contributed by atoms with Gasteiger partial charge in [0.05, 0.1) is 0 Å². The zero-order chi connectivity index (χ0) is 13.1. The lowest BCUT2D eigenvalue weighted by atomic mass is 10.1. The molecule has 1 aromatic carbocycles. The van der Waals surface area contributed by atoms with Crippen LogP contribution in [0, 0.1) is 12.7 Å². The summed E-state index contributed by atoms with van der Waals surface area (Å²) in [4.78, 5) is 11.0. The first-order valence-corrected chi connectivity index (χ1v) is 6.03. The van der Waals surface area contributed by atoms with E-state index in [2.05, 4.69) is 4.37 Å². The summed E-state index contributed by atoms with van der Waals surface area (Å²) in [6, 6.07) is 4.85. The van der Waals surface area contributed by atoms with Gasteiger partial charge in [-0.3, -0.25) is 4.79 Å². The van der Waals surface area contributed by atoms with Gasteiger partial charge in [0.15, 0.2) is 0 Å². The molecule has 0 bridgehead atoms. The van der Waals surface area contributed by atoms with Crippen LogP contribution in [0.5, 0.6) is 5.88 Å². The molecule has 0 saturated carbocycles. The van der Waals surface area contributed by atoms with Gasteiger partial charge in [-0.15, -0.1) is 0 Å². The molecule has 0 aliphatic carbocycles. The Bertz CT molecular complexity index is 583. The lowest BCUT2D eigenvalue weighted by molar-refractivity contribution is 0.0996. The van der Waals surface area contributed by atoms with E-state index < -0.39 is 5.91 Å². The molecule has 1 amide bonds. The Hall–Kier alpha value is -1.95. The molecule has 1 heterocycles. The molecule has 0 aliphatic rings. The van der Waals surface area contributed by atoms with Crippen LogP contribution in [0.4, 0.5) is 4.39 Å². The number of ether oxygens (including phenoxy) is 1. The highest BCUT2D eigenvalue weighted by Crippen LogP contribution is 2.20. The highest BCUT2D eigenvalue weighted by molar-refractivity contribution is 7.04. The predicted octanol–water partition coefficient (Wildman–Crippen LogP) is 2.27. The molecular formula is C12H11FN2O2S. The summed E-state index contributed by atoms with van der Waals surface area (Å²) in [5.74, 6) is -0.804. The number of nitrogens with zero attached hydrogens (tertiary/aromatic N) is 1. The second-order valence-electron chi connectivity index (χ2n) is 3.78. The van der Waals surface area contributed by atoms with E-state index in [9.17, 15) is 9.18 Å². The third-order valence-electron chi connectivity index (χ3n) is 2.37. The van der Waals surface area contributed by atoms with Crippen molar-refractivity contribution in [2.45, 2.75) is 13.5 Å². The molecule has 2 aromatic rings. The Morgan fingerprint density at radius 2 is 2.33 bits per heavy atom. The molecule has 6 heteroatoms. The van der Waals surface area contributed by atoms with Gasteiger partial charge in [0.1, 0.15) is 18.0 Å². The topological polar surface area (TPSA) is 65.2 Å². The van der Waals surface area contributed by atoms with Gasteiger partial charge in [-0.25, -0.2) is 4.39 Å². The predicted molar refractivity (Wildman–Crippen MR) is 66.1 cm³/mol. The highest BCUT2D eigenvalue weighted by atomic mass is 32.1. The summed E-state index contributed by atoms with van der Waals surface area (Å²) < 4.78 is 22.7. The molecule has 0 unspecified atom stereocenters. The van der Waals surface area contributed by atoms with Gasteiger partial charge < -0.3 is 10.5 Å². The zero-order valence-electron chi connectivity index (χ0n) is 9.64. The maximum Gasteiger partial charge on any atom is 0.255 e. The number of aromatic nitrogens is 1. The first kappa shape index (κ1) is 12.5. The minimum Gasteiger partial charge on any atom is -0.472 e. The van der Waals surface area contributed by atoms with Gasteiger partial charge in [0.2, 0.25) is 5.88 Å². The minimum atomic E-state index is -0.608. The van der Waals surface area contributed by atoms with Gasteiger partial charge in [-0.2, -0.15) is 4.37 Å². The second kappa shape index (κ2) is 5.14. The van der Waals surface area contributed by atoms with Gasteiger partial charge in [-0.05, 0) is 30.1 Å². The van der Waals surface area contributed by atoms with Crippen molar-refractivity contribution in [3.8, 4) is 5.88 Å². The van der Waals surface area contributed by atoms with E-state index in [1.54, 1.807) is 19.1 Å². The van der Waals surface area contributed by atoms with E-state index in [1.165, 1.54) is 11.4 Å². The van der Waals surface area contributed by atoms with E-state index in [0.717, 1.165) is 17.1 Å². The number of hydrogen-bond acceptors (Lipinski definition) is 4. The molecule has 0 fully saturated rings. The number of primary amides is 1. The molecule has 0 atom stereocenters. The molecule has 0 radical (unpaired) electrons. The Morgan fingerprint density at radius 3 is 3.00 bits per heavy atom. The molecule has 2 N–H and O–H groups in total. The van der Waals surface area contributed by atoms with E-state index >= 15 is 0 Å². The quantitative estimate of drug-likeness (QED) is 0.923. The van der Waals surface area contributed by atoms with Crippen LogP contribution in [0.25, 0.3) is 0 Å². The number of carbonyl (C=O) groups is 1. The summed E-state index contributed by atoms with van der Waals surface area (Å²) in [6.45, 7) is 1.81. The molecule has 18 heavy (non-hydrogen) atoms. The summed E-state index contributed by atoms with van der Waals surface area (Å²) in [7, 11) is 0. The summed E-state index contributed by atoms with van der Waals surface area (Å²) >= 11 is 1.07. The zero-order valence-corrected chi connectivity index (χ0v) is 10.5. The fraction of sp³-hybridized carbons (Fsp3) is 0.167. The maximum absolute atomic E-state index is 13.5. The van der Waals surface area contributed by atoms with Crippen LogP contribution in [0.15, 0.2) is 23.6 Å². The number of aryl methyl sites for hydroxylation is 1. The van der Waals surface area contributed by atoms with Crippen molar-refractivity contribution in [2.75, 3.05) is 0 Å². The van der Waals surface area contributed by atoms with Gasteiger partial charge in [0, 0.05) is 10.9 Å². The number of hydrogen-bond donors (Lipinski definition) is 1. The van der Waals surface area contributed by atoms with E-state index in [-0.39, 0.29) is 23.9 Å². The largest absolute Gasteiger partial charge is 0.472 e.